The average molecular weight is 379 g/mol. The largest absolute Gasteiger partial charge is 0.383 e. The Morgan fingerprint density at radius 1 is 1.16 bits per heavy atom. The van der Waals surface area contributed by atoms with Gasteiger partial charge in [0, 0.05) is 38.5 Å². The number of ketones is 1. The number of allylic oxidation sites excluding steroid dienone is 1. The van der Waals surface area contributed by atoms with E-state index in [1.807, 2.05) is 14.1 Å². The number of hydrogen-bond acceptors (Lipinski definition) is 4. The van der Waals surface area contributed by atoms with Gasteiger partial charge < -0.3 is 4.90 Å². The minimum Gasteiger partial charge on any atom is -0.383 e. The maximum absolute atomic E-state index is 12.3. The topological polar surface area (TPSA) is 66.5 Å². The van der Waals surface area contributed by atoms with Crippen LogP contribution < -0.4 is 4.72 Å². The van der Waals surface area contributed by atoms with Crippen molar-refractivity contribution in [2.45, 2.75) is 11.4 Å². The Kier molecular flexibility index (Phi) is 6.36. The molecule has 0 saturated carbocycles. The second-order valence-electron chi connectivity index (χ2n) is 5.60. The summed E-state index contributed by atoms with van der Waals surface area (Å²) in [6.45, 7) is 0.0616. The van der Waals surface area contributed by atoms with Gasteiger partial charge in [0.05, 0.1) is 5.02 Å². The highest BCUT2D eigenvalue weighted by Gasteiger charge is 2.17. The molecule has 0 spiro atoms. The Labute approximate surface area is 153 Å². The molecule has 0 aliphatic carbocycles. The van der Waals surface area contributed by atoms with Gasteiger partial charge in [0.25, 0.3) is 0 Å². The van der Waals surface area contributed by atoms with Crippen LogP contribution in [0.2, 0.25) is 5.02 Å². The zero-order valence-corrected chi connectivity index (χ0v) is 15.5. The molecule has 0 unspecified atom stereocenters. The molecule has 0 aromatic heterocycles. The lowest BCUT2D eigenvalue weighted by atomic mass is 10.1. The van der Waals surface area contributed by atoms with Gasteiger partial charge in [-0.25, -0.2) is 13.1 Å². The Morgan fingerprint density at radius 2 is 1.88 bits per heavy atom. The maximum atomic E-state index is 12.3. The van der Waals surface area contributed by atoms with Gasteiger partial charge in [-0.15, -0.1) is 0 Å². The SMILES string of the molecule is CN(C)C=CC(=O)c1cccc(CNS(=O)(=O)c2ccccc2Cl)c1. The number of halogens is 1. The standard InChI is InChI=1S/C18H19ClN2O3S/c1-21(2)11-10-17(22)15-7-5-6-14(12-15)13-20-25(23,24)18-9-4-3-8-16(18)19/h3-12,20H,13H2,1-2H3. The van der Waals surface area contributed by atoms with Gasteiger partial charge in [-0.1, -0.05) is 41.9 Å². The fourth-order valence-corrected chi connectivity index (χ4v) is 3.60. The minimum atomic E-state index is -3.73. The summed E-state index contributed by atoms with van der Waals surface area (Å²) in [5, 5.41) is 0.160. The van der Waals surface area contributed by atoms with E-state index < -0.39 is 10.0 Å². The third-order valence-electron chi connectivity index (χ3n) is 3.33. The van der Waals surface area contributed by atoms with Gasteiger partial charge in [0.1, 0.15) is 4.90 Å². The zero-order chi connectivity index (χ0) is 18.4. The molecule has 2 aromatic carbocycles. The van der Waals surface area contributed by atoms with Crippen molar-refractivity contribution in [3.05, 3.63) is 77.0 Å². The van der Waals surface area contributed by atoms with Gasteiger partial charge in [0.2, 0.25) is 10.0 Å². The molecule has 0 heterocycles. The number of carbonyl (C=O) groups is 1. The van der Waals surface area contributed by atoms with Crippen molar-refractivity contribution in [1.29, 1.82) is 0 Å². The van der Waals surface area contributed by atoms with E-state index in [1.165, 1.54) is 18.2 Å². The number of carbonyl (C=O) groups excluding carboxylic acids is 1. The van der Waals surface area contributed by atoms with Crippen LogP contribution in [0.3, 0.4) is 0 Å². The van der Waals surface area contributed by atoms with Crippen LogP contribution in [0.15, 0.2) is 65.7 Å². The summed E-state index contributed by atoms with van der Waals surface area (Å²) < 4.78 is 27.2. The first-order chi connectivity index (χ1) is 11.8. The number of nitrogens with zero attached hydrogens (tertiary/aromatic N) is 1. The Bertz CT molecular complexity index is 893. The monoisotopic (exact) mass is 378 g/mol. The summed E-state index contributed by atoms with van der Waals surface area (Å²) in [6.07, 6.45) is 3.13. The number of hydrogen-bond donors (Lipinski definition) is 1. The average Bonchev–Trinajstić information content (AvgIpc) is 2.58. The lowest BCUT2D eigenvalue weighted by molar-refractivity contribution is 0.104. The number of nitrogens with one attached hydrogen (secondary N) is 1. The summed E-state index contributed by atoms with van der Waals surface area (Å²) in [5.74, 6) is -0.149. The van der Waals surface area contributed by atoms with E-state index in [-0.39, 0.29) is 22.2 Å². The van der Waals surface area contributed by atoms with Crippen molar-refractivity contribution in [2.24, 2.45) is 0 Å². The Hall–Kier alpha value is -2.15. The molecule has 0 aliphatic rings. The molecule has 1 N–H and O–H groups in total. The second-order valence-corrected chi connectivity index (χ2v) is 7.74. The normalized spacial score (nSPS) is 11.6. The summed E-state index contributed by atoms with van der Waals surface area (Å²) in [5.41, 5.74) is 1.17. The molecule has 0 radical (unpaired) electrons. The second kappa shape index (κ2) is 8.29. The molecule has 0 amide bonds. The maximum Gasteiger partial charge on any atom is 0.242 e. The molecular formula is C18H19ClN2O3S. The summed E-state index contributed by atoms with van der Waals surface area (Å²) in [4.78, 5) is 13.9. The van der Waals surface area contributed by atoms with Crippen LogP contribution in [-0.4, -0.2) is 33.2 Å². The molecule has 7 heteroatoms. The molecule has 2 aromatic rings. The molecule has 25 heavy (non-hydrogen) atoms. The molecule has 0 atom stereocenters. The van der Waals surface area contributed by atoms with Gasteiger partial charge in [-0.2, -0.15) is 0 Å². The van der Waals surface area contributed by atoms with E-state index in [0.29, 0.717) is 11.1 Å². The van der Waals surface area contributed by atoms with Crippen molar-refractivity contribution >= 4 is 27.4 Å². The lowest BCUT2D eigenvalue weighted by Gasteiger charge is -2.09. The molecule has 2 rings (SSSR count). The first-order valence-electron chi connectivity index (χ1n) is 7.52. The van der Waals surface area contributed by atoms with E-state index >= 15 is 0 Å². The number of rotatable bonds is 7. The molecular weight excluding hydrogens is 360 g/mol. The molecule has 0 aliphatic heterocycles. The first kappa shape index (κ1) is 19.2. The van der Waals surface area contributed by atoms with E-state index in [1.54, 1.807) is 47.5 Å². The van der Waals surface area contributed by atoms with E-state index in [9.17, 15) is 13.2 Å². The van der Waals surface area contributed by atoms with Crippen LogP contribution in [0.5, 0.6) is 0 Å². The highest BCUT2D eigenvalue weighted by Crippen LogP contribution is 2.20. The van der Waals surface area contributed by atoms with Crippen LogP contribution in [0, 0.1) is 0 Å². The molecule has 0 fully saturated rings. The van der Waals surface area contributed by atoms with Gasteiger partial charge in [-0.3, -0.25) is 4.79 Å². The van der Waals surface area contributed by atoms with Gasteiger partial charge in [-0.05, 0) is 23.8 Å². The quantitative estimate of drug-likeness (QED) is 0.594. The number of benzene rings is 2. The summed E-state index contributed by atoms with van der Waals surface area (Å²) in [6, 6.07) is 13.1. The molecule has 0 bridgehead atoms. The molecule has 5 nitrogen and oxygen atoms in total. The zero-order valence-electron chi connectivity index (χ0n) is 13.9. The Morgan fingerprint density at radius 3 is 2.56 bits per heavy atom. The van der Waals surface area contributed by atoms with Crippen molar-refractivity contribution in [3.63, 3.8) is 0 Å². The first-order valence-corrected chi connectivity index (χ1v) is 9.38. The van der Waals surface area contributed by atoms with E-state index in [4.69, 9.17) is 11.6 Å². The summed E-state index contributed by atoms with van der Waals surface area (Å²) in [7, 11) is -0.0850. The van der Waals surface area contributed by atoms with E-state index in [0.717, 1.165) is 0 Å². The predicted octanol–water partition coefficient (Wildman–Crippen LogP) is 3.08. The van der Waals surface area contributed by atoms with Gasteiger partial charge in [0.15, 0.2) is 5.78 Å². The van der Waals surface area contributed by atoms with Crippen molar-refractivity contribution in [1.82, 2.24) is 9.62 Å². The smallest absolute Gasteiger partial charge is 0.242 e. The fraction of sp³-hybridized carbons (Fsp3) is 0.167. The lowest BCUT2D eigenvalue weighted by Crippen LogP contribution is -2.23. The van der Waals surface area contributed by atoms with Crippen LogP contribution in [0.4, 0.5) is 0 Å². The number of sulfonamides is 1. The van der Waals surface area contributed by atoms with Crippen LogP contribution in [0.25, 0.3) is 0 Å². The van der Waals surface area contributed by atoms with Gasteiger partial charge >= 0.3 is 0 Å². The van der Waals surface area contributed by atoms with Crippen molar-refractivity contribution in [3.8, 4) is 0 Å². The summed E-state index contributed by atoms with van der Waals surface area (Å²) >= 11 is 5.94. The third kappa shape index (κ3) is 5.42. The predicted molar refractivity (Wildman–Crippen MR) is 99.1 cm³/mol. The van der Waals surface area contributed by atoms with E-state index in [2.05, 4.69) is 4.72 Å². The Balaban J connectivity index is 2.13. The van der Waals surface area contributed by atoms with Crippen LogP contribution in [0.1, 0.15) is 15.9 Å². The highest BCUT2D eigenvalue weighted by molar-refractivity contribution is 7.89. The van der Waals surface area contributed by atoms with Crippen LogP contribution in [-0.2, 0) is 16.6 Å². The minimum absolute atomic E-state index is 0.0258. The molecule has 132 valence electrons. The highest BCUT2D eigenvalue weighted by atomic mass is 35.5. The molecule has 0 saturated heterocycles. The fourth-order valence-electron chi connectivity index (χ4n) is 2.07. The van der Waals surface area contributed by atoms with Crippen LogP contribution >= 0.6 is 11.6 Å². The van der Waals surface area contributed by atoms with Crippen molar-refractivity contribution in [2.75, 3.05) is 14.1 Å². The third-order valence-corrected chi connectivity index (χ3v) is 5.23. The van der Waals surface area contributed by atoms with Crippen molar-refractivity contribution < 1.29 is 13.2 Å².